The fourth-order valence-electron chi connectivity index (χ4n) is 3.85. The largest absolute Gasteiger partial charge is 0.417 e. The first-order chi connectivity index (χ1) is 14.2. The van der Waals surface area contributed by atoms with Crippen LogP contribution in [0, 0.1) is 0 Å². The molecule has 0 unspecified atom stereocenters. The van der Waals surface area contributed by atoms with Crippen molar-refractivity contribution in [2.24, 2.45) is 0 Å². The quantitative estimate of drug-likeness (QED) is 0.659. The van der Waals surface area contributed by atoms with Crippen LogP contribution in [0.15, 0.2) is 18.2 Å². The minimum atomic E-state index is -4.57. The molecule has 0 atom stereocenters. The number of hydrogen-bond donors (Lipinski definition) is 2. The van der Waals surface area contributed by atoms with E-state index in [1.807, 2.05) is 4.90 Å². The number of halogens is 4. The maximum atomic E-state index is 13.0. The molecule has 166 valence electrons. The summed E-state index contributed by atoms with van der Waals surface area (Å²) in [6.07, 6.45) is 1.50. The molecule has 1 aliphatic carbocycles. The van der Waals surface area contributed by atoms with E-state index in [4.69, 9.17) is 23.8 Å². The molecule has 2 aliphatic rings. The Kier molecular flexibility index (Phi) is 7.81. The molecule has 1 amide bonds. The van der Waals surface area contributed by atoms with Gasteiger partial charge in [-0.3, -0.25) is 9.69 Å². The molecule has 1 saturated heterocycles. The van der Waals surface area contributed by atoms with Crippen molar-refractivity contribution in [3.8, 4) is 0 Å². The van der Waals surface area contributed by atoms with E-state index in [1.54, 1.807) is 0 Å². The van der Waals surface area contributed by atoms with Crippen molar-refractivity contribution in [2.75, 3.05) is 38.0 Å². The van der Waals surface area contributed by atoms with Crippen LogP contribution in [0.3, 0.4) is 0 Å². The van der Waals surface area contributed by atoms with Crippen LogP contribution in [0.25, 0.3) is 0 Å². The third-order valence-corrected chi connectivity index (χ3v) is 6.22. The number of rotatable bonds is 4. The number of benzene rings is 1. The van der Waals surface area contributed by atoms with Crippen LogP contribution in [0.4, 0.5) is 18.9 Å². The molecule has 1 aliphatic heterocycles. The number of alkyl halides is 3. The number of piperazine rings is 1. The number of thiocarbonyl (C=S) groups is 1. The van der Waals surface area contributed by atoms with E-state index in [2.05, 4.69) is 15.5 Å². The predicted molar refractivity (Wildman–Crippen MR) is 116 cm³/mol. The molecule has 3 rings (SSSR count). The Morgan fingerprint density at radius 3 is 2.43 bits per heavy atom. The fourth-order valence-corrected chi connectivity index (χ4v) is 4.42. The molecule has 0 radical (unpaired) electrons. The first-order valence-corrected chi connectivity index (χ1v) is 11.0. The lowest BCUT2D eigenvalue weighted by molar-refractivity contribution is -0.137. The van der Waals surface area contributed by atoms with Crippen LogP contribution in [0.5, 0.6) is 0 Å². The predicted octanol–water partition coefficient (Wildman–Crippen LogP) is 4.12. The third-order valence-electron chi connectivity index (χ3n) is 5.52. The number of carbonyl (C=O) groups excluding carboxylic acids is 1. The zero-order valence-electron chi connectivity index (χ0n) is 16.6. The second-order valence-corrected chi connectivity index (χ2v) is 8.58. The third kappa shape index (κ3) is 6.46. The van der Waals surface area contributed by atoms with Gasteiger partial charge in [0.05, 0.1) is 17.1 Å². The maximum absolute atomic E-state index is 13.0. The van der Waals surface area contributed by atoms with E-state index in [0.717, 1.165) is 30.1 Å². The van der Waals surface area contributed by atoms with Crippen molar-refractivity contribution in [1.29, 1.82) is 0 Å². The zero-order valence-corrected chi connectivity index (χ0v) is 18.2. The van der Waals surface area contributed by atoms with Gasteiger partial charge in [-0.2, -0.15) is 13.2 Å². The lowest BCUT2D eigenvalue weighted by Gasteiger charge is -2.37. The topological polar surface area (TPSA) is 47.6 Å². The summed E-state index contributed by atoms with van der Waals surface area (Å²) < 4.78 is 38.9. The molecule has 2 N–H and O–H groups in total. The van der Waals surface area contributed by atoms with Gasteiger partial charge in [-0.15, -0.1) is 0 Å². The molecule has 1 aromatic carbocycles. The lowest BCUT2D eigenvalue weighted by atomic mass is 9.96. The molecule has 0 aromatic heterocycles. The van der Waals surface area contributed by atoms with Gasteiger partial charge in [-0.25, -0.2) is 0 Å². The lowest BCUT2D eigenvalue weighted by Crippen LogP contribution is -2.54. The minimum Gasteiger partial charge on any atom is -0.360 e. The van der Waals surface area contributed by atoms with Crippen molar-refractivity contribution in [3.63, 3.8) is 0 Å². The fraction of sp³-hybridized carbons (Fsp3) is 0.600. The summed E-state index contributed by atoms with van der Waals surface area (Å²) in [5.74, 6) is -0.359. The molecule has 0 spiro atoms. The number of carbonyl (C=O) groups is 1. The van der Waals surface area contributed by atoms with Crippen molar-refractivity contribution in [3.05, 3.63) is 28.8 Å². The number of hydrogen-bond acceptors (Lipinski definition) is 3. The average Bonchev–Trinajstić information content (AvgIpc) is 2.70. The standard InChI is InChI=1S/C20H26ClF3N4OS/c21-17-7-6-15(12-16(17)20(22,23)24)25-18(29)13-27-8-10-28(11-9-27)19(30)26-14-4-2-1-3-5-14/h6-7,12,14H,1-5,8-11,13H2,(H,25,29)(H,26,30). The van der Waals surface area contributed by atoms with Crippen molar-refractivity contribution in [1.82, 2.24) is 15.1 Å². The Morgan fingerprint density at radius 1 is 1.13 bits per heavy atom. The summed E-state index contributed by atoms with van der Waals surface area (Å²) in [6, 6.07) is 3.81. The zero-order chi connectivity index (χ0) is 21.7. The number of anilines is 1. The average molecular weight is 463 g/mol. The SMILES string of the molecule is O=C(CN1CCN(C(=S)NC2CCCCC2)CC1)Nc1ccc(Cl)c(C(F)(F)F)c1. The van der Waals surface area contributed by atoms with Gasteiger partial charge >= 0.3 is 6.18 Å². The Labute approximate surface area is 184 Å². The van der Waals surface area contributed by atoms with Gasteiger partial charge < -0.3 is 15.5 Å². The molecule has 0 bridgehead atoms. The Hall–Kier alpha value is -1.58. The van der Waals surface area contributed by atoms with E-state index in [0.29, 0.717) is 32.2 Å². The Morgan fingerprint density at radius 2 is 1.80 bits per heavy atom. The highest BCUT2D eigenvalue weighted by molar-refractivity contribution is 7.80. The van der Waals surface area contributed by atoms with Gasteiger partial charge in [0.25, 0.3) is 0 Å². The van der Waals surface area contributed by atoms with Crippen LogP contribution < -0.4 is 10.6 Å². The highest BCUT2D eigenvalue weighted by atomic mass is 35.5. The van der Waals surface area contributed by atoms with Gasteiger partial charge in [0.1, 0.15) is 0 Å². The second-order valence-electron chi connectivity index (χ2n) is 7.79. The summed E-state index contributed by atoms with van der Waals surface area (Å²) in [5, 5.41) is 6.36. The smallest absolute Gasteiger partial charge is 0.360 e. The van der Waals surface area contributed by atoms with Crippen molar-refractivity contribution < 1.29 is 18.0 Å². The highest BCUT2D eigenvalue weighted by Gasteiger charge is 2.33. The van der Waals surface area contributed by atoms with Crippen LogP contribution >= 0.6 is 23.8 Å². The summed E-state index contributed by atoms with van der Waals surface area (Å²) in [4.78, 5) is 16.4. The molecule has 1 saturated carbocycles. The summed E-state index contributed by atoms with van der Waals surface area (Å²) in [6.45, 7) is 2.86. The van der Waals surface area contributed by atoms with E-state index >= 15 is 0 Å². The molecule has 10 heteroatoms. The summed E-state index contributed by atoms with van der Waals surface area (Å²) in [7, 11) is 0. The Bertz CT molecular complexity index is 763. The Balaban J connectivity index is 1.44. The highest BCUT2D eigenvalue weighted by Crippen LogP contribution is 2.36. The monoisotopic (exact) mass is 462 g/mol. The van der Waals surface area contributed by atoms with E-state index in [1.165, 1.54) is 25.3 Å². The number of amides is 1. The molecule has 2 fully saturated rings. The second kappa shape index (κ2) is 10.2. The van der Waals surface area contributed by atoms with Gasteiger partial charge in [0.15, 0.2) is 5.11 Å². The first-order valence-electron chi connectivity index (χ1n) is 10.2. The van der Waals surface area contributed by atoms with Crippen molar-refractivity contribution >= 4 is 40.5 Å². The van der Waals surface area contributed by atoms with E-state index in [-0.39, 0.29) is 18.1 Å². The number of nitrogens with zero attached hydrogens (tertiary/aromatic N) is 2. The first kappa shape index (κ1) is 23.1. The van der Waals surface area contributed by atoms with Crippen LogP contribution in [0.1, 0.15) is 37.7 Å². The van der Waals surface area contributed by atoms with Gasteiger partial charge in [0.2, 0.25) is 5.91 Å². The molecular formula is C20H26ClF3N4OS. The molecule has 1 heterocycles. The van der Waals surface area contributed by atoms with Gasteiger partial charge in [-0.1, -0.05) is 30.9 Å². The van der Waals surface area contributed by atoms with Crippen LogP contribution in [-0.2, 0) is 11.0 Å². The minimum absolute atomic E-state index is 0.0771. The van der Waals surface area contributed by atoms with Gasteiger partial charge in [-0.05, 0) is 43.3 Å². The van der Waals surface area contributed by atoms with E-state index in [9.17, 15) is 18.0 Å². The summed E-state index contributed by atoms with van der Waals surface area (Å²) >= 11 is 11.1. The molecule has 30 heavy (non-hydrogen) atoms. The van der Waals surface area contributed by atoms with Crippen LogP contribution in [-0.4, -0.2) is 59.6 Å². The van der Waals surface area contributed by atoms with Crippen molar-refractivity contribution in [2.45, 2.75) is 44.3 Å². The summed E-state index contributed by atoms with van der Waals surface area (Å²) in [5.41, 5.74) is -0.886. The van der Waals surface area contributed by atoms with Gasteiger partial charge in [0, 0.05) is 37.9 Å². The normalized spacial score (nSPS) is 18.9. The maximum Gasteiger partial charge on any atom is 0.417 e. The van der Waals surface area contributed by atoms with Crippen LogP contribution in [0.2, 0.25) is 5.02 Å². The molecule has 5 nitrogen and oxygen atoms in total. The van der Waals surface area contributed by atoms with E-state index < -0.39 is 16.8 Å². The molecule has 1 aromatic rings. The molecular weight excluding hydrogens is 437 g/mol. The number of nitrogens with one attached hydrogen (secondary N) is 2.